The average Bonchev–Trinajstić information content (AvgIpc) is 2.66. The fraction of sp³-hybridized carbons (Fsp3) is 0.0909. The third kappa shape index (κ3) is 2.52. The van der Waals surface area contributed by atoms with Crippen LogP contribution in [0.5, 0.6) is 0 Å². The summed E-state index contributed by atoms with van der Waals surface area (Å²) in [6.07, 6.45) is 3.71. The molecular formula is C11H8BrNOS. The van der Waals surface area contributed by atoms with E-state index in [0.29, 0.717) is 12.0 Å². The predicted molar refractivity (Wildman–Crippen MR) is 64.3 cm³/mol. The lowest BCUT2D eigenvalue weighted by molar-refractivity contribution is 0.0993. The van der Waals surface area contributed by atoms with Crippen molar-refractivity contribution < 1.29 is 4.79 Å². The molecule has 2 nitrogen and oxygen atoms in total. The largest absolute Gasteiger partial charge is 0.294 e. The number of nitrogens with zero attached hydrogens (tertiary/aromatic N) is 1. The standard InChI is InChI=1S/C11H8BrNOS/c12-11-9(3-6-15-11)7-10(14)8-1-4-13-5-2-8/h1-6H,7H2. The van der Waals surface area contributed by atoms with Crippen molar-refractivity contribution in [3.63, 3.8) is 0 Å². The molecule has 2 rings (SSSR count). The monoisotopic (exact) mass is 281 g/mol. The van der Waals surface area contributed by atoms with Gasteiger partial charge in [-0.25, -0.2) is 0 Å². The zero-order valence-electron chi connectivity index (χ0n) is 7.81. The van der Waals surface area contributed by atoms with Crippen molar-refractivity contribution in [1.29, 1.82) is 0 Å². The van der Waals surface area contributed by atoms with E-state index < -0.39 is 0 Å². The molecule has 0 amide bonds. The first-order chi connectivity index (χ1) is 7.27. The normalized spacial score (nSPS) is 10.2. The van der Waals surface area contributed by atoms with Gasteiger partial charge in [-0.2, -0.15) is 0 Å². The van der Waals surface area contributed by atoms with Gasteiger partial charge in [0.1, 0.15) is 0 Å². The fourth-order valence-corrected chi connectivity index (χ4v) is 2.50. The van der Waals surface area contributed by atoms with Crippen molar-refractivity contribution >= 4 is 33.0 Å². The summed E-state index contributed by atoms with van der Waals surface area (Å²) in [5.41, 5.74) is 1.75. The molecule has 0 saturated heterocycles. The van der Waals surface area contributed by atoms with Crippen molar-refractivity contribution in [2.24, 2.45) is 0 Å². The molecule has 76 valence electrons. The van der Waals surface area contributed by atoms with Gasteiger partial charge in [-0.3, -0.25) is 9.78 Å². The van der Waals surface area contributed by atoms with Crippen LogP contribution in [0.3, 0.4) is 0 Å². The van der Waals surface area contributed by atoms with Crippen LogP contribution in [0.2, 0.25) is 0 Å². The van der Waals surface area contributed by atoms with Gasteiger partial charge in [0, 0.05) is 24.4 Å². The van der Waals surface area contributed by atoms with Crippen molar-refractivity contribution in [3.8, 4) is 0 Å². The van der Waals surface area contributed by atoms with Gasteiger partial charge >= 0.3 is 0 Å². The number of hydrogen-bond acceptors (Lipinski definition) is 3. The molecule has 2 heterocycles. The highest BCUT2D eigenvalue weighted by molar-refractivity contribution is 9.11. The smallest absolute Gasteiger partial charge is 0.167 e. The molecule has 2 aromatic rings. The number of aromatic nitrogens is 1. The van der Waals surface area contributed by atoms with Crippen LogP contribution in [0.1, 0.15) is 15.9 Å². The van der Waals surface area contributed by atoms with Gasteiger partial charge in [0.05, 0.1) is 3.79 Å². The molecule has 0 saturated carbocycles. The maximum atomic E-state index is 11.8. The van der Waals surface area contributed by atoms with E-state index in [9.17, 15) is 4.79 Å². The van der Waals surface area contributed by atoms with Crippen molar-refractivity contribution in [2.45, 2.75) is 6.42 Å². The average molecular weight is 282 g/mol. The molecule has 4 heteroatoms. The zero-order valence-corrected chi connectivity index (χ0v) is 10.2. The molecule has 2 aromatic heterocycles. The topological polar surface area (TPSA) is 30.0 Å². The number of hydrogen-bond donors (Lipinski definition) is 0. The second kappa shape index (κ2) is 4.68. The van der Waals surface area contributed by atoms with Crippen molar-refractivity contribution in [1.82, 2.24) is 4.98 Å². The molecule has 0 fully saturated rings. The predicted octanol–water partition coefficient (Wildman–Crippen LogP) is 3.33. The molecule has 0 bridgehead atoms. The number of ketones is 1. The minimum absolute atomic E-state index is 0.122. The van der Waals surface area contributed by atoms with E-state index in [1.54, 1.807) is 35.9 Å². The van der Waals surface area contributed by atoms with Gasteiger partial charge in [-0.05, 0) is 45.1 Å². The van der Waals surface area contributed by atoms with E-state index in [-0.39, 0.29) is 5.78 Å². The van der Waals surface area contributed by atoms with Crippen LogP contribution in [-0.4, -0.2) is 10.8 Å². The highest BCUT2D eigenvalue weighted by Crippen LogP contribution is 2.24. The highest BCUT2D eigenvalue weighted by atomic mass is 79.9. The van der Waals surface area contributed by atoms with E-state index in [2.05, 4.69) is 20.9 Å². The Morgan fingerprint density at radius 1 is 1.33 bits per heavy atom. The Morgan fingerprint density at radius 3 is 2.67 bits per heavy atom. The number of carbonyl (C=O) groups is 1. The number of Topliss-reactive ketones (excluding diaryl/α,β-unsaturated/α-hetero) is 1. The number of pyridine rings is 1. The molecule has 0 atom stereocenters. The molecule has 0 unspecified atom stereocenters. The summed E-state index contributed by atoms with van der Waals surface area (Å²) < 4.78 is 1.03. The lowest BCUT2D eigenvalue weighted by Gasteiger charge is -1.99. The van der Waals surface area contributed by atoms with Gasteiger partial charge in [0.15, 0.2) is 5.78 Å². The summed E-state index contributed by atoms with van der Waals surface area (Å²) in [5, 5.41) is 1.97. The lowest BCUT2D eigenvalue weighted by atomic mass is 10.1. The fourth-order valence-electron chi connectivity index (χ4n) is 1.26. The minimum atomic E-state index is 0.122. The number of halogens is 1. The van der Waals surface area contributed by atoms with E-state index in [1.165, 1.54) is 0 Å². The molecule has 0 radical (unpaired) electrons. The maximum absolute atomic E-state index is 11.8. The molecule has 0 aliphatic rings. The van der Waals surface area contributed by atoms with Crippen molar-refractivity contribution in [2.75, 3.05) is 0 Å². The van der Waals surface area contributed by atoms with Crippen LogP contribution >= 0.6 is 27.3 Å². The summed E-state index contributed by atoms with van der Waals surface area (Å²) in [6.45, 7) is 0. The molecular weight excluding hydrogens is 274 g/mol. The van der Waals surface area contributed by atoms with E-state index in [0.717, 1.165) is 9.35 Å². The molecule has 0 aliphatic heterocycles. The summed E-state index contributed by atoms with van der Waals surface area (Å²) in [7, 11) is 0. The molecule has 0 spiro atoms. The first-order valence-corrected chi connectivity index (χ1v) is 6.10. The van der Waals surface area contributed by atoms with Gasteiger partial charge < -0.3 is 0 Å². The first kappa shape index (κ1) is 10.5. The lowest BCUT2D eigenvalue weighted by Crippen LogP contribution is -2.02. The third-order valence-electron chi connectivity index (χ3n) is 2.05. The van der Waals surface area contributed by atoms with E-state index >= 15 is 0 Å². The zero-order chi connectivity index (χ0) is 10.7. The Morgan fingerprint density at radius 2 is 2.07 bits per heavy atom. The Hall–Kier alpha value is -1.00. The number of thiophene rings is 1. The Kier molecular flexibility index (Phi) is 3.28. The molecule has 0 N–H and O–H groups in total. The van der Waals surface area contributed by atoms with Crippen LogP contribution in [-0.2, 0) is 6.42 Å². The van der Waals surface area contributed by atoms with Crippen LogP contribution in [0, 0.1) is 0 Å². The molecule has 15 heavy (non-hydrogen) atoms. The van der Waals surface area contributed by atoms with Crippen molar-refractivity contribution in [3.05, 3.63) is 50.9 Å². The Bertz CT molecular complexity index is 466. The Balaban J connectivity index is 2.15. The summed E-state index contributed by atoms with van der Waals surface area (Å²) in [6, 6.07) is 5.44. The summed E-state index contributed by atoms with van der Waals surface area (Å²) >= 11 is 5.01. The van der Waals surface area contributed by atoms with Gasteiger partial charge in [0.25, 0.3) is 0 Å². The van der Waals surface area contributed by atoms with Crippen LogP contribution in [0.25, 0.3) is 0 Å². The highest BCUT2D eigenvalue weighted by Gasteiger charge is 2.09. The van der Waals surface area contributed by atoms with Crippen LogP contribution in [0.15, 0.2) is 39.8 Å². The quantitative estimate of drug-likeness (QED) is 0.808. The van der Waals surface area contributed by atoms with E-state index in [4.69, 9.17) is 0 Å². The van der Waals surface area contributed by atoms with Gasteiger partial charge in [0.2, 0.25) is 0 Å². The first-order valence-electron chi connectivity index (χ1n) is 4.42. The second-order valence-corrected chi connectivity index (χ2v) is 5.29. The number of rotatable bonds is 3. The van der Waals surface area contributed by atoms with Crippen LogP contribution in [0.4, 0.5) is 0 Å². The summed E-state index contributed by atoms with van der Waals surface area (Å²) in [5.74, 6) is 0.122. The second-order valence-electron chi connectivity index (χ2n) is 3.06. The maximum Gasteiger partial charge on any atom is 0.167 e. The van der Waals surface area contributed by atoms with E-state index in [1.807, 2.05) is 11.4 Å². The third-order valence-corrected chi connectivity index (χ3v) is 3.86. The van der Waals surface area contributed by atoms with Gasteiger partial charge in [-0.1, -0.05) is 0 Å². The minimum Gasteiger partial charge on any atom is -0.294 e. The number of carbonyl (C=O) groups excluding carboxylic acids is 1. The van der Waals surface area contributed by atoms with Crippen LogP contribution < -0.4 is 0 Å². The molecule has 0 aliphatic carbocycles. The van der Waals surface area contributed by atoms with Gasteiger partial charge in [-0.15, -0.1) is 11.3 Å². The SMILES string of the molecule is O=C(Cc1ccsc1Br)c1ccncc1. The molecule has 0 aromatic carbocycles. The Labute approximate surface area is 100 Å². The summed E-state index contributed by atoms with van der Waals surface area (Å²) in [4.78, 5) is 15.7.